The molecule has 0 aliphatic heterocycles. The van der Waals surface area contributed by atoms with Gasteiger partial charge in [0.05, 0.1) is 5.54 Å². The Hall–Kier alpha value is -0.600. The first-order chi connectivity index (χ1) is 6.50. The molecule has 0 fully saturated rings. The predicted molar refractivity (Wildman–Crippen MR) is 63.3 cm³/mol. The molecule has 1 heterocycles. The second kappa shape index (κ2) is 3.21. The minimum Gasteiger partial charge on any atom is -0.321 e. The number of thiophene rings is 1. The predicted octanol–water partition coefficient (Wildman–Crippen LogP) is 3.37. The second-order valence-corrected chi connectivity index (χ2v) is 5.59. The second-order valence-electron chi connectivity index (χ2n) is 4.67. The molecule has 76 valence electrons. The summed E-state index contributed by atoms with van der Waals surface area (Å²) in [5, 5.41) is 2.13. The summed E-state index contributed by atoms with van der Waals surface area (Å²) in [4.78, 5) is 1.34. The van der Waals surface area contributed by atoms with Crippen LogP contribution in [-0.4, -0.2) is 0 Å². The van der Waals surface area contributed by atoms with Crippen LogP contribution in [0.3, 0.4) is 0 Å². The van der Waals surface area contributed by atoms with Crippen molar-refractivity contribution in [2.75, 3.05) is 0 Å². The van der Waals surface area contributed by atoms with E-state index in [1.165, 1.54) is 16.0 Å². The third kappa shape index (κ3) is 1.53. The average molecular weight is 207 g/mol. The third-order valence-electron chi connectivity index (χ3n) is 2.87. The highest BCUT2D eigenvalue weighted by Gasteiger charge is 2.30. The molecule has 0 spiro atoms. The highest BCUT2D eigenvalue weighted by atomic mass is 32.1. The van der Waals surface area contributed by atoms with Gasteiger partial charge in [0.2, 0.25) is 0 Å². The van der Waals surface area contributed by atoms with E-state index in [0.717, 1.165) is 6.42 Å². The monoisotopic (exact) mass is 207 g/mol. The largest absolute Gasteiger partial charge is 0.321 e. The lowest BCUT2D eigenvalue weighted by atomic mass is 9.81. The molecule has 0 saturated carbocycles. The Bertz CT molecular complexity index is 371. The van der Waals surface area contributed by atoms with Crippen LogP contribution in [0.25, 0.3) is 6.08 Å². The Balaban J connectivity index is 2.49. The molecule has 2 N–H and O–H groups in total. The van der Waals surface area contributed by atoms with E-state index in [2.05, 4.69) is 38.3 Å². The van der Waals surface area contributed by atoms with Crippen molar-refractivity contribution in [2.45, 2.75) is 32.7 Å². The van der Waals surface area contributed by atoms with Gasteiger partial charge < -0.3 is 5.73 Å². The van der Waals surface area contributed by atoms with E-state index in [1.54, 1.807) is 11.3 Å². The molecule has 1 aliphatic carbocycles. The van der Waals surface area contributed by atoms with Crippen LogP contribution in [-0.2, 0) is 5.54 Å². The number of hydrogen-bond acceptors (Lipinski definition) is 2. The molecule has 2 rings (SSSR count). The molecule has 2 heteroatoms. The van der Waals surface area contributed by atoms with Gasteiger partial charge in [0, 0.05) is 4.88 Å². The zero-order valence-corrected chi connectivity index (χ0v) is 9.82. The number of rotatable bonds is 1. The summed E-state index contributed by atoms with van der Waals surface area (Å²) < 4.78 is 0. The first kappa shape index (κ1) is 9.94. The molecule has 0 bridgehead atoms. The van der Waals surface area contributed by atoms with E-state index < -0.39 is 0 Å². The maximum atomic E-state index is 6.33. The zero-order valence-electron chi connectivity index (χ0n) is 9.00. The molecule has 14 heavy (non-hydrogen) atoms. The summed E-state index contributed by atoms with van der Waals surface area (Å²) in [6.07, 6.45) is 3.31. The maximum absolute atomic E-state index is 6.33. The Morgan fingerprint density at radius 1 is 1.50 bits per heavy atom. The quantitative estimate of drug-likeness (QED) is 0.750. The van der Waals surface area contributed by atoms with Crippen LogP contribution in [0.2, 0.25) is 0 Å². The van der Waals surface area contributed by atoms with Crippen LogP contribution < -0.4 is 5.73 Å². The molecule has 0 unspecified atom stereocenters. The normalized spacial score (nSPS) is 26.2. The fraction of sp³-hybridized carbons (Fsp3) is 0.500. The Morgan fingerprint density at radius 3 is 2.86 bits per heavy atom. The Morgan fingerprint density at radius 2 is 2.21 bits per heavy atom. The summed E-state index contributed by atoms with van der Waals surface area (Å²) in [5.41, 5.74) is 8.98. The molecule has 1 aliphatic rings. The van der Waals surface area contributed by atoms with E-state index in [4.69, 9.17) is 5.73 Å². The van der Waals surface area contributed by atoms with Gasteiger partial charge >= 0.3 is 0 Å². The molecule has 0 aromatic carbocycles. The van der Waals surface area contributed by atoms with Gasteiger partial charge in [-0.05, 0) is 36.3 Å². The van der Waals surface area contributed by atoms with Crippen molar-refractivity contribution in [2.24, 2.45) is 11.7 Å². The molecule has 1 aromatic heterocycles. The van der Waals surface area contributed by atoms with Crippen molar-refractivity contribution in [3.63, 3.8) is 0 Å². The first-order valence-electron chi connectivity index (χ1n) is 5.08. The van der Waals surface area contributed by atoms with E-state index in [-0.39, 0.29) is 5.54 Å². The van der Waals surface area contributed by atoms with E-state index >= 15 is 0 Å². The van der Waals surface area contributed by atoms with Crippen molar-refractivity contribution in [1.82, 2.24) is 0 Å². The lowest BCUT2D eigenvalue weighted by Crippen LogP contribution is -2.35. The van der Waals surface area contributed by atoms with E-state index in [1.807, 2.05) is 0 Å². The van der Waals surface area contributed by atoms with E-state index in [0.29, 0.717) is 5.92 Å². The summed E-state index contributed by atoms with van der Waals surface area (Å²) in [5.74, 6) is 0.603. The van der Waals surface area contributed by atoms with Crippen LogP contribution in [0.1, 0.15) is 37.6 Å². The lowest BCUT2D eigenvalue weighted by Gasteiger charge is -2.31. The van der Waals surface area contributed by atoms with Crippen molar-refractivity contribution < 1.29 is 0 Å². The molecular formula is C12H17NS. The fourth-order valence-corrected chi connectivity index (χ4v) is 2.98. The Labute approximate surface area is 89.6 Å². The van der Waals surface area contributed by atoms with E-state index in [9.17, 15) is 0 Å². The Kier molecular flexibility index (Phi) is 2.28. The van der Waals surface area contributed by atoms with Crippen molar-refractivity contribution in [3.05, 3.63) is 27.5 Å². The van der Waals surface area contributed by atoms with Crippen LogP contribution in [0.4, 0.5) is 0 Å². The summed E-state index contributed by atoms with van der Waals surface area (Å²) in [6.45, 7) is 6.61. The molecule has 1 aromatic rings. The zero-order chi connectivity index (χ0) is 10.3. The maximum Gasteiger partial charge on any atom is 0.0518 e. The smallest absolute Gasteiger partial charge is 0.0518 e. The highest BCUT2D eigenvalue weighted by Crippen LogP contribution is 2.40. The van der Waals surface area contributed by atoms with Crippen LogP contribution >= 0.6 is 11.3 Å². The molecule has 1 atom stereocenters. The molecule has 0 radical (unpaired) electrons. The van der Waals surface area contributed by atoms with Gasteiger partial charge in [-0.25, -0.2) is 0 Å². The summed E-state index contributed by atoms with van der Waals surface area (Å²) in [7, 11) is 0. The van der Waals surface area contributed by atoms with Crippen LogP contribution in [0.5, 0.6) is 0 Å². The summed E-state index contributed by atoms with van der Waals surface area (Å²) >= 11 is 1.78. The van der Waals surface area contributed by atoms with Gasteiger partial charge in [0.15, 0.2) is 0 Å². The van der Waals surface area contributed by atoms with Gasteiger partial charge in [-0.1, -0.05) is 25.5 Å². The van der Waals surface area contributed by atoms with Crippen LogP contribution in [0.15, 0.2) is 17.0 Å². The lowest BCUT2D eigenvalue weighted by molar-refractivity contribution is 0.471. The highest BCUT2D eigenvalue weighted by molar-refractivity contribution is 7.10. The third-order valence-corrected chi connectivity index (χ3v) is 4.08. The standard InChI is InChI=1S/C12H17NS/c1-8(2)10-6-9-4-5-14-11(9)12(3,13)7-10/h4-6,8H,7,13H2,1-3H3/t12-/m0/s1. The average Bonchev–Trinajstić information content (AvgIpc) is 2.51. The minimum atomic E-state index is -0.155. The SMILES string of the molecule is CC(C)C1=Cc2ccsc2[C@@](C)(N)C1. The minimum absolute atomic E-state index is 0.155. The summed E-state index contributed by atoms with van der Waals surface area (Å²) in [6, 6.07) is 2.17. The van der Waals surface area contributed by atoms with Crippen molar-refractivity contribution in [1.29, 1.82) is 0 Å². The fourth-order valence-electron chi connectivity index (χ4n) is 2.02. The van der Waals surface area contributed by atoms with Crippen molar-refractivity contribution in [3.8, 4) is 0 Å². The number of fused-ring (bicyclic) bond motifs is 1. The van der Waals surface area contributed by atoms with Gasteiger partial charge in [-0.15, -0.1) is 11.3 Å². The molecule has 0 saturated heterocycles. The van der Waals surface area contributed by atoms with Crippen LogP contribution in [0, 0.1) is 5.92 Å². The number of nitrogens with two attached hydrogens (primary N) is 1. The molecule has 0 amide bonds. The van der Waals surface area contributed by atoms with Gasteiger partial charge in [0.25, 0.3) is 0 Å². The molecule has 1 nitrogen and oxygen atoms in total. The molecular weight excluding hydrogens is 190 g/mol. The first-order valence-corrected chi connectivity index (χ1v) is 5.96. The van der Waals surface area contributed by atoms with Gasteiger partial charge in [-0.3, -0.25) is 0 Å². The van der Waals surface area contributed by atoms with Gasteiger partial charge in [0.1, 0.15) is 0 Å². The topological polar surface area (TPSA) is 26.0 Å². The van der Waals surface area contributed by atoms with Crippen molar-refractivity contribution >= 4 is 17.4 Å². The van der Waals surface area contributed by atoms with Gasteiger partial charge in [-0.2, -0.15) is 0 Å². The number of hydrogen-bond donors (Lipinski definition) is 1.